The third kappa shape index (κ3) is 2.99. The molecular weight excluding hydrogens is 362 g/mol. The molecule has 1 aromatic carbocycles. The maximum atomic E-state index is 6.44. The topological polar surface area (TPSA) is 0 Å². The molecule has 0 aliphatic carbocycles. The molecule has 0 spiro atoms. The van der Waals surface area contributed by atoms with Crippen LogP contribution in [0.5, 0.6) is 0 Å². The van der Waals surface area contributed by atoms with Gasteiger partial charge in [0.1, 0.15) is 0 Å². The average Bonchev–Trinajstić information content (AvgIpc) is 2.57. The van der Waals surface area contributed by atoms with E-state index in [9.17, 15) is 0 Å². The highest BCUT2D eigenvalue weighted by atomic mass is 79.9. The molecule has 0 saturated heterocycles. The molecule has 1 aromatic heterocycles. The summed E-state index contributed by atoms with van der Waals surface area (Å²) in [4.78, 5) is 0. The van der Waals surface area contributed by atoms with Crippen LogP contribution in [0.3, 0.4) is 0 Å². The molecule has 17 heavy (non-hydrogen) atoms. The van der Waals surface area contributed by atoms with Crippen molar-refractivity contribution in [3.05, 3.63) is 54.1 Å². The van der Waals surface area contributed by atoms with Gasteiger partial charge in [-0.3, -0.25) is 0 Å². The Balaban J connectivity index is 2.43. The molecule has 1 heterocycles. The lowest BCUT2D eigenvalue weighted by Gasteiger charge is -2.11. The zero-order chi connectivity index (χ0) is 12.6. The van der Waals surface area contributed by atoms with Gasteiger partial charge in [-0.2, -0.15) is 0 Å². The molecule has 0 bridgehead atoms. The van der Waals surface area contributed by atoms with Crippen LogP contribution in [0, 0.1) is 6.92 Å². The van der Waals surface area contributed by atoms with Gasteiger partial charge in [0, 0.05) is 10.0 Å². The highest BCUT2D eigenvalue weighted by Crippen LogP contribution is 2.42. The first-order chi connectivity index (χ1) is 7.99. The minimum Gasteiger partial charge on any atom is -0.112 e. The Bertz CT molecular complexity index is 551. The predicted molar refractivity (Wildman–Crippen MR) is 80.9 cm³/mol. The van der Waals surface area contributed by atoms with Gasteiger partial charge in [-0.05, 0) is 30.2 Å². The SMILES string of the molecule is Cc1ccc(C(Cl)c2cc(Cl)sc2Cl)c(Br)c1. The first kappa shape index (κ1) is 13.7. The number of rotatable bonds is 2. The van der Waals surface area contributed by atoms with Gasteiger partial charge in [0.15, 0.2) is 0 Å². The summed E-state index contributed by atoms with van der Waals surface area (Å²) in [5, 5.41) is -0.291. The Labute approximate surface area is 128 Å². The first-order valence-corrected chi connectivity index (χ1v) is 7.64. The zero-order valence-electron chi connectivity index (χ0n) is 8.81. The summed E-state index contributed by atoms with van der Waals surface area (Å²) in [6.45, 7) is 2.03. The fourth-order valence-electron chi connectivity index (χ4n) is 1.53. The van der Waals surface area contributed by atoms with Crippen LogP contribution in [0.4, 0.5) is 0 Å². The molecule has 0 fully saturated rings. The number of benzene rings is 1. The van der Waals surface area contributed by atoms with Crippen molar-refractivity contribution in [3.63, 3.8) is 0 Å². The van der Waals surface area contributed by atoms with Gasteiger partial charge in [0.2, 0.25) is 0 Å². The molecule has 2 rings (SSSR count). The summed E-state index contributed by atoms with van der Waals surface area (Å²) in [6, 6.07) is 7.88. The number of hydrogen-bond donors (Lipinski definition) is 0. The van der Waals surface area contributed by atoms with Gasteiger partial charge in [-0.1, -0.05) is 51.3 Å². The molecule has 90 valence electrons. The van der Waals surface area contributed by atoms with Crippen LogP contribution in [-0.4, -0.2) is 0 Å². The lowest BCUT2D eigenvalue weighted by Crippen LogP contribution is -1.93. The summed E-state index contributed by atoms with van der Waals surface area (Å²) in [7, 11) is 0. The van der Waals surface area contributed by atoms with Crippen LogP contribution < -0.4 is 0 Å². The van der Waals surface area contributed by atoms with Crippen LogP contribution in [0.2, 0.25) is 8.67 Å². The standard InChI is InChI=1S/C12H8BrCl3S/c1-6-2-3-7(9(13)4-6)11(15)8-5-10(14)17-12(8)16/h2-5,11H,1H3. The van der Waals surface area contributed by atoms with Crippen molar-refractivity contribution in [3.8, 4) is 0 Å². The first-order valence-electron chi connectivity index (χ1n) is 4.84. The molecule has 0 N–H and O–H groups in total. The second-order valence-corrected chi connectivity index (χ2v) is 7.24. The van der Waals surface area contributed by atoms with Crippen LogP contribution in [0.25, 0.3) is 0 Å². The number of hydrogen-bond acceptors (Lipinski definition) is 1. The number of aryl methyl sites for hydroxylation is 1. The molecule has 1 atom stereocenters. The van der Waals surface area contributed by atoms with E-state index in [4.69, 9.17) is 34.8 Å². The van der Waals surface area contributed by atoms with Crippen LogP contribution in [0.1, 0.15) is 22.1 Å². The smallest absolute Gasteiger partial charge is 0.0994 e. The molecule has 0 saturated carbocycles. The van der Waals surface area contributed by atoms with Crippen molar-refractivity contribution in [1.29, 1.82) is 0 Å². The third-order valence-electron chi connectivity index (χ3n) is 2.39. The third-order valence-corrected chi connectivity index (χ3v) is 5.06. The molecule has 1 unspecified atom stereocenters. The second kappa shape index (κ2) is 5.50. The van der Waals surface area contributed by atoms with Crippen molar-refractivity contribution >= 4 is 62.1 Å². The monoisotopic (exact) mass is 368 g/mol. The predicted octanol–water partition coefficient (Wildman–Crippen LogP) is 6.45. The Kier molecular flexibility index (Phi) is 4.43. The summed E-state index contributed by atoms with van der Waals surface area (Å²) in [6.07, 6.45) is 0. The minimum atomic E-state index is -0.291. The van der Waals surface area contributed by atoms with E-state index >= 15 is 0 Å². The Morgan fingerprint density at radius 3 is 2.41 bits per heavy atom. The highest BCUT2D eigenvalue weighted by Gasteiger charge is 2.19. The molecular formula is C12H8BrCl3S. The molecule has 0 radical (unpaired) electrons. The van der Waals surface area contributed by atoms with E-state index in [0.717, 1.165) is 15.6 Å². The maximum Gasteiger partial charge on any atom is 0.0994 e. The second-order valence-electron chi connectivity index (χ2n) is 3.67. The van der Waals surface area contributed by atoms with Crippen molar-refractivity contribution in [2.24, 2.45) is 0 Å². The van der Waals surface area contributed by atoms with Gasteiger partial charge in [0.25, 0.3) is 0 Å². The number of alkyl halides is 1. The van der Waals surface area contributed by atoms with Crippen LogP contribution in [0.15, 0.2) is 28.7 Å². The lowest BCUT2D eigenvalue weighted by atomic mass is 10.1. The van der Waals surface area contributed by atoms with E-state index in [1.807, 2.05) is 31.2 Å². The largest absolute Gasteiger partial charge is 0.112 e. The van der Waals surface area contributed by atoms with E-state index in [0.29, 0.717) is 8.67 Å². The van der Waals surface area contributed by atoms with Gasteiger partial charge in [-0.15, -0.1) is 22.9 Å². The molecule has 2 aromatic rings. The average molecular weight is 371 g/mol. The van der Waals surface area contributed by atoms with Gasteiger partial charge in [-0.25, -0.2) is 0 Å². The van der Waals surface area contributed by atoms with Gasteiger partial charge in [0.05, 0.1) is 14.0 Å². The Hall–Kier alpha value is 0.270. The summed E-state index contributed by atoms with van der Waals surface area (Å²) in [5.74, 6) is 0. The van der Waals surface area contributed by atoms with E-state index in [1.54, 1.807) is 0 Å². The lowest BCUT2D eigenvalue weighted by molar-refractivity contribution is 1.14. The van der Waals surface area contributed by atoms with Gasteiger partial charge >= 0.3 is 0 Å². The highest BCUT2D eigenvalue weighted by molar-refractivity contribution is 9.10. The van der Waals surface area contributed by atoms with Gasteiger partial charge < -0.3 is 0 Å². The number of thiophene rings is 1. The number of halogens is 4. The van der Waals surface area contributed by atoms with Crippen molar-refractivity contribution in [2.75, 3.05) is 0 Å². The fraction of sp³-hybridized carbons (Fsp3) is 0.167. The minimum absolute atomic E-state index is 0.291. The Morgan fingerprint density at radius 2 is 1.88 bits per heavy atom. The normalized spacial score (nSPS) is 12.8. The summed E-state index contributed by atoms with van der Waals surface area (Å²) >= 11 is 23.3. The Morgan fingerprint density at radius 1 is 1.18 bits per heavy atom. The molecule has 0 aliphatic heterocycles. The maximum absolute atomic E-state index is 6.44. The molecule has 5 heteroatoms. The van der Waals surface area contributed by atoms with E-state index < -0.39 is 0 Å². The molecule has 0 aliphatic rings. The van der Waals surface area contributed by atoms with Crippen molar-refractivity contribution in [1.82, 2.24) is 0 Å². The van der Waals surface area contributed by atoms with Crippen LogP contribution >= 0.6 is 62.1 Å². The molecule has 0 amide bonds. The van der Waals surface area contributed by atoms with E-state index in [-0.39, 0.29) is 5.38 Å². The summed E-state index contributed by atoms with van der Waals surface area (Å²) in [5.41, 5.74) is 3.03. The van der Waals surface area contributed by atoms with Crippen molar-refractivity contribution in [2.45, 2.75) is 12.3 Å². The van der Waals surface area contributed by atoms with E-state index in [2.05, 4.69) is 15.9 Å². The quantitative estimate of drug-likeness (QED) is 0.533. The zero-order valence-corrected chi connectivity index (χ0v) is 13.5. The molecule has 0 nitrogen and oxygen atoms in total. The van der Waals surface area contributed by atoms with Crippen LogP contribution in [-0.2, 0) is 0 Å². The van der Waals surface area contributed by atoms with Crippen molar-refractivity contribution < 1.29 is 0 Å². The summed E-state index contributed by atoms with van der Waals surface area (Å²) < 4.78 is 2.28. The van der Waals surface area contributed by atoms with E-state index in [1.165, 1.54) is 16.9 Å². The fourth-order valence-corrected chi connectivity index (χ4v) is 4.40.